The Morgan fingerprint density at radius 2 is 1.94 bits per heavy atom. The number of rotatable bonds is 7. The first kappa shape index (κ1) is 17.9. The van der Waals surface area contributed by atoms with Crippen molar-refractivity contribution in [3.8, 4) is 17.1 Å². The summed E-state index contributed by atoms with van der Waals surface area (Å²) in [5.41, 5.74) is 0.621. The second kappa shape index (κ2) is 9.21. The smallest absolute Gasteiger partial charge is 0.273 e. The topological polar surface area (TPSA) is 145 Å². The van der Waals surface area contributed by atoms with Crippen LogP contribution in [0.3, 0.4) is 0 Å². The van der Waals surface area contributed by atoms with Gasteiger partial charge in [-0.05, 0) is 12.1 Å². The van der Waals surface area contributed by atoms with Crippen LogP contribution in [0.15, 0.2) is 42.9 Å². The highest BCUT2D eigenvalue weighted by atomic mass is 19.1. The molecule has 0 saturated carbocycles. The minimum Gasteiger partial charge on any atom is -0.494 e. The van der Waals surface area contributed by atoms with Gasteiger partial charge in [-0.15, -0.1) is 15.3 Å². The number of anilines is 4. The lowest BCUT2D eigenvalue weighted by Crippen LogP contribution is -2.21. The van der Waals surface area contributed by atoms with Crippen LogP contribution in [0.25, 0.3) is 11.4 Å². The van der Waals surface area contributed by atoms with Crippen LogP contribution in [0.2, 0.25) is 0 Å². The van der Waals surface area contributed by atoms with Gasteiger partial charge in [0.15, 0.2) is 34.7 Å². The number of methoxy groups -OCH3 is 1. The number of carbonyl (C=O) groups excluding carboxylic acids is 1. The molecule has 0 spiro atoms. The van der Waals surface area contributed by atoms with Crippen molar-refractivity contribution in [2.24, 2.45) is 7.05 Å². The molecule has 0 unspecified atom stereocenters. The van der Waals surface area contributed by atoms with Crippen molar-refractivity contribution in [1.29, 1.82) is 0 Å². The first-order chi connectivity index (χ1) is 17.1. The zero-order chi connectivity index (χ0) is 25.9. The molecule has 0 atom stereocenters. The van der Waals surface area contributed by atoms with Crippen LogP contribution in [0.1, 0.15) is 14.6 Å². The van der Waals surface area contributed by atoms with E-state index in [0.717, 1.165) is 12.4 Å². The molecule has 1 amide bonds. The number of hydrogen-bond donors (Lipinski definition) is 3. The number of carbonyl (C=O) groups is 1. The van der Waals surface area contributed by atoms with Crippen molar-refractivity contribution in [1.82, 2.24) is 40.5 Å². The Morgan fingerprint density at radius 3 is 2.64 bits per heavy atom. The molecular formula is C20H19FN10O2. The highest BCUT2D eigenvalue weighted by Gasteiger charge is 2.19. The summed E-state index contributed by atoms with van der Waals surface area (Å²) < 4.78 is 42.3. The Kier molecular flexibility index (Phi) is 5.01. The van der Waals surface area contributed by atoms with Gasteiger partial charge < -0.3 is 20.7 Å². The maximum atomic E-state index is 13.3. The van der Waals surface area contributed by atoms with Crippen LogP contribution in [0.5, 0.6) is 5.75 Å². The summed E-state index contributed by atoms with van der Waals surface area (Å²) in [7, 11) is 3.10. The number of hydrogen-bond acceptors (Lipinski definition) is 10. The van der Waals surface area contributed by atoms with E-state index in [-0.39, 0.29) is 28.8 Å². The molecule has 4 rings (SSSR count). The lowest BCUT2D eigenvalue weighted by atomic mass is 10.1. The number of amides is 1. The molecule has 0 fully saturated rings. The Balaban J connectivity index is 1.75. The number of nitrogens with zero attached hydrogens (tertiary/aromatic N) is 7. The standard InChI is InChI=1S/C20H19FN10O2/c1-22-20(32)17-14(7-15(27-29-17)26-16-10-31(2)30-28-16)25-13-6-4-5-12(18(13)33-3)19-23-8-11(21)9-24-19/h4-10H,1-3H3,(H,22,32)(H2,25,26,27)/i1D3. The second-order valence-corrected chi connectivity index (χ2v) is 6.58. The van der Waals surface area contributed by atoms with Crippen molar-refractivity contribution in [2.45, 2.75) is 0 Å². The highest BCUT2D eigenvalue weighted by Crippen LogP contribution is 2.37. The average molecular weight is 453 g/mol. The van der Waals surface area contributed by atoms with E-state index in [1.807, 2.05) is 5.32 Å². The number of aryl methyl sites for hydroxylation is 1. The largest absolute Gasteiger partial charge is 0.494 e. The maximum Gasteiger partial charge on any atom is 0.273 e. The van der Waals surface area contributed by atoms with Crippen LogP contribution >= 0.6 is 0 Å². The minimum atomic E-state index is -2.75. The van der Waals surface area contributed by atoms with Crippen molar-refractivity contribution in [3.05, 3.63) is 54.4 Å². The van der Waals surface area contributed by atoms with Crippen LogP contribution in [-0.4, -0.2) is 55.2 Å². The molecule has 33 heavy (non-hydrogen) atoms. The first-order valence-electron chi connectivity index (χ1n) is 10.9. The number of benzene rings is 1. The summed E-state index contributed by atoms with van der Waals surface area (Å²) in [6, 6.07) is 6.43. The molecule has 0 aliphatic heterocycles. The highest BCUT2D eigenvalue weighted by molar-refractivity contribution is 5.99. The SMILES string of the molecule is [2H]C([2H])([2H])NC(=O)c1nnc(Nc2cn(C)nn2)cc1Nc1cccc(-c2ncc(F)cn2)c1OC. The molecule has 12 nitrogen and oxygen atoms in total. The molecule has 0 saturated heterocycles. The minimum absolute atomic E-state index is 0.105. The van der Waals surface area contributed by atoms with E-state index in [4.69, 9.17) is 8.85 Å². The van der Waals surface area contributed by atoms with Gasteiger partial charge in [0.25, 0.3) is 5.91 Å². The molecule has 1 aromatic carbocycles. The molecule has 0 radical (unpaired) electrons. The third-order valence-corrected chi connectivity index (χ3v) is 4.33. The van der Waals surface area contributed by atoms with E-state index in [0.29, 0.717) is 17.1 Å². The normalized spacial score (nSPS) is 12.3. The molecule has 4 aromatic rings. The number of para-hydroxylation sites is 1. The van der Waals surface area contributed by atoms with Gasteiger partial charge in [-0.25, -0.2) is 14.4 Å². The van der Waals surface area contributed by atoms with Gasteiger partial charge in [-0.1, -0.05) is 11.3 Å². The Bertz CT molecular complexity index is 1400. The molecule has 0 bridgehead atoms. The molecule has 3 aromatic heterocycles. The third kappa shape index (κ3) is 4.66. The summed E-state index contributed by atoms with van der Waals surface area (Å²) in [5, 5.41) is 23.4. The van der Waals surface area contributed by atoms with Gasteiger partial charge in [-0.2, -0.15) is 0 Å². The maximum absolute atomic E-state index is 13.3. The monoisotopic (exact) mass is 453 g/mol. The van der Waals surface area contributed by atoms with E-state index in [2.05, 4.69) is 41.1 Å². The van der Waals surface area contributed by atoms with Gasteiger partial charge in [0.05, 0.1) is 42.6 Å². The van der Waals surface area contributed by atoms with Crippen molar-refractivity contribution in [2.75, 3.05) is 24.7 Å². The van der Waals surface area contributed by atoms with Crippen molar-refractivity contribution >= 4 is 28.9 Å². The average Bonchev–Trinajstić information content (AvgIpc) is 3.23. The summed E-state index contributed by atoms with van der Waals surface area (Å²) in [5.74, 6) is -0.525. The summed E-state index contributed by atoms with van der Waals surface area (Å²) in [6.07, 6.45) is 3.64. The quantitative estimate of drug-likeness (QED) is 0.380. The Labute approximate surface area is 191 Å². The summed E-state index contributed by atoms with van der Waals surface area (Å²) in [4.78, 5) is 20.6. The molecule has 3 heterocycles. The molecule has 168 valence electrons. The molecule has 0 aliphatic rings. The van der Waals surface area contributed by atoms with E-state index in [9.17, 15) is 9.18 Å². The number of nitrogens with one attached hydrogen (secondary N) is 3. The zero-order valence-electron chi connectivity index (χ0n) is 20.4. The third-order valence-electron chi connectivity index (χ3n) is 4.33. The van der Waals surface area contributed by atoms with Crippen molar-refractivity contribution < 1.29 is 18.0 Å². The molecule has 0 aliphatic carbocycles. The fourth-order valence-electron chi connectivity index (χ4n) is 2.94. The van der Waals surface area contributed by atoms with Gasteiger partial charge in [0.2, 0.25) is 0 Å². The van der Waals surface area contributed by atoms with E-state index < -0.39 is 18.7 Å². The molecule has 3 N–H and O–H groups in total. The number of aromatic nitrogens is 7. The van der Waals surface area contributed by atoms with E-state index >= 15 is 0 Å². The summed E-state index contributed by atoms with van der Waals surface area (Å²) in [6.45, 7) is -2.75. The fourth-order valence-corrected chi connectivity index (χ4v) is 2.94. The Morgan fingerprint density at radius 1 is 1.12 bits per heavy atom. The fraction of sp³-hybridized carbons (Fsp3) is 0.150. The lowest BCUT2D eigenvalue weighted by molar-refractivity contribution is 0.0958. The summed E-state index contributed by atoms with van der Waals surface area (Å²) >= 11 is 0. The number of ether oxygens (including phenoxy) is 1. The first-order valence-corrected chi connectivity index (χ1v) is 9.38. The van der Waals surface area contributed by atoms with Gasteiger partial charge >= 0.3 is 0 Å². The lowest BCUT2D eigenvalue weighted by Gasteiger charge is -2.16. The second-order valence-electron chi connectivity index (χ2n) is 6.58. The molecule has 13 heteroatoms. The van der Waals surface area contributed by atoms with Crippen LogP contribution in [0, 0.1) is 5.82 Å². The van der Waals surface area contributed by atoms with Crippen LogP contribution < -0.4 is 20.7 Å². The van der Waals surface area contributed by atoms with Crippen molar-refractivity contribution in [3.63, 3.8) is 0 Å². The molecular weight excluding hydrogens is 431 g/mol. The van der Waals surface area contributed by atoms with Crippen LogP contribution in [0.4, 0.5) is 27.4 Å². The van der Waals surface area contributed by atoms with Gasteiger partial charge in [-0.3, -0.25) is 9.48 Å². The van der Waals surface area contributed by atoms with Crippen LogP contribution in [-0.2, 0) is 7.05 Å². The van der Waals surface area contributed by atoms with Gasteiger partial charge in [0.1, 0.15) is 0 Å². The zero-order valence-corrected chi connectivity index (χ0v) is 17.4. The Hall–Kier alpha value is -4.68. The predicted octanol–water partition coefficient (Wildman–Crippen LogP) is 2.06. The number of halogens is 1. The predicted molar refractivity (Wildman–Crippen MR) is 117 cm³/mol. The van der Waals surface area contributed by atoms with Gasteiger partial charge in [0, 0.05) is 24.2 Å². The van der Waals surface area contributed by atoms with E-state index in [1.165, 1.54) is 17.9 Å². The van der Waals surface area contributed by atoms with E-state index in [1.54, 1.807) is 31.4 Å².